The van der Waals surface area contributed by atoms with Crippen LogP contribution in [-0.4, -0.2) is 55.8 Å². The standard InChI is InChI=1S/C23H30N4O4/c1-17(2)22(26-21(28)16-31-19-6-4-3-5-7-19)23(29)25-15-18-8-9-20(24-14-18)27-10-12-30-13-11-27/h3-9,14,17,22H,10-13,15-16H2,1-2H3,(H,25,29)(H,26,28)/t22-/m1/s1. The van der Waals surface area contributed by atoms with Gasteiger partial charge in [-0.1, -0.05) is 38.1 Å². The summed E-state index contributed by atoms with van der Waals surface area (Å²) in [6, 6.07) is 12.4. The van der Waals surface area contributed by atoms with Crippen molar-refractivity contribution >= 4 is 17.6 Å². The van der Waals surface area contributed by atoms with Gasteiger partial charge in [0, 0.05) is 25.8 Å². The lowest BCUT2D eigenvalue weighted by atomic mass is 10.0. The van der Waals surface area contributed by atoms with Crippen LogP contribution < -0.4 is 20.3 Å². The minimum absolute atomic E-state index is 0.0671. The number of anilines is 1. The Bertz CT molecular complexity index is 836. The summed E-state index contributed by atoms with van der Waals surface area (Å²) in [5.74, 6) is 0.873. The molecular weight excluding hydrogens is 396 g/mol. The van der Waals surface area contributed by atoms with Crippen LogP contribution in [0.4, 0.5) is 5.82 Å². The van der Waals surface area contributed by atoms with Crippen molar-refractivity contribution in [3.8, 4) is 5.75 Å². The summed E-state index contributed by atoms with van der Waals surface area (Å²) in [6.07, 6.45) is 1.77. The number of para-hydroxylation sites is 1. The Kier molecular flexibility index (Phi) is 8.23. The maximum atomic E-state index is 12.7. The van der Waals surface area contributed by atoms with Crippen molar-refractivity contribution < 1.29 is 19.1 Å². The van der Waals surface area contributed by atoms with E-state index < -0.39 is 6.04 Å². The van der Waals surface area contributed by atoms with Crippen molar-refractivity contribution in [1.29, 1.82) is 0 Å². The Labute approximate surface area is 182 Å². The summed E-state index contributed by atoms with van der Waals surface area (Å²) in [7, 11) is 0. The number of carbonyl (C=O) groups is 2. The van der Waals surface area contributed by atoms with Gasteiger partial charge in [0.05, 0.1) is 13.2 Å². The Morgan fingerprint density at radius 1 is 1.13 bits per heavy atom. The van der Waals surface area contributed by atoms with Crippen LogP contribution in [0.3, 0.4) is 0 Å². The van der Waals surface area contributed by atoms with Crippen molar-refractivity contribution in [3.63, 3.8) is 0 Å². The van der Waals surface area contributed by atoms with E-state index in [-0.39, 0.29) is 24.3 Å². The van der Waals surface area contributed by atoms with Crippen LogP contribution in [0.2, 0.25) is 0 Å². The highest BCUT2D eigenvalue weighted by Gasteiger charge is 2.24. The molecule has 1 aromatic carbocycles. The maximum Gasteiger partial charge on any atom is 0.258 e. The van der Waals surface area contributed by atoms with Crippen molar-refractivity contribution in [1.82, 2.24) is 15.6 Å². The molecule has 0 spiro atoms. The molecule has 1 saturated heterocycles. The fraction of sp³-hybridized carbons (Fsp3) is 0.435. The van der Waals surface area contributed by atoms with Crippen LogP contribution in [0.1, 0.15) is 19.4 Å². The lowest BCUT2D eigenvalue weighted by Gasteiger charge is -2.27. The average Bonchev–Trinajstić information content (AvgIpc) is 2.81. The van der Waals surface area contributed by atoms with E-state index in [1.54, 1.807) is 18.3 Å². The quantitative estimate of drug-likeness (QED) is 0.635. The van der Waals surface area contributed by atoms with Gasteiger partial charge in [0.1, 0.15) is 17.6 Å². The second kappa shape index (κ2) is 11.3. The second-order valence-corrected chi connectivity index (χ2v) is 7.73. The first kappa shape index (κ1) is 22.6. The summed E-state index contributed by atoms with van der Waals surface area (Å²) in [5, 5.41) is 5.66. The van der Waals surface area contributed by atoms with Crippen LogP contribution in [0.25, 0.3) is 0 Å². The number of hydrogen-bond donors (Lipinski definition) is 2. The molecule has 8 heteroatoms. The molecule has 1 aliphatic rings. The number of ether oxygens (including phenoxy) is 2. The van der Waals surface area contributed by atoms with E-state index in [0.717, 1.165) is 24.5 Å². The minimum Gasteiger partial charge on any atom is -0.484 e. The van der Waals surface area contributed by atoms with Gasteiger partial charge in [-0.25, -0.2) is 4.98 Å². The molecule has 0 aliphatic carbocycles. The molecule has 166 valence electrons. The van der Waals surface area contributed by atoms with E-state index in [9.17, 15) is 9.59 Å². The van der Waals surface area contributed by atoms with Crippen LogP contribution in [0.5, 0.6) is 5.75 Å². The van der Waals surface area contributed by atoms with E-state index in [4.69, 9.17) is 9.47 Å². The van der Waals surface area contributed by atoms with Crippen LogP contribution >= 0.6 is 0 Å². The SMILES string of the molecule is CC(C)[C@@H](NC(=O)COc1ccccc1)C(=O)NCc1ccc(N2CCOCC2)nc1. The van der Waals surface area contributed by atoms with Crippen LogP contribution in [0.15, 0.2) is 48.7 Å². The van der Waals surface area contributed by atoms with Gasteiger partial charge < -0.3 is 25.0 Å². The van der Waals surface area contributed by atoms with E-state index >= 15 is 0 Å². The molecular formula is C23H30N4O4. The topological polar surface area (TPSA) is 92.8 Å². The van der Waals surface area contributed by atoms with Crippen molar-refractivity contribution in [3.05, 3.63) is 54.2 Å². The fourth-order valence-electron chi connectivity index (χ4n) is 3.22. The highest BCUT2D eigenvalue weighted by molar-refractivity contribution is 5.88. The summed E-state index contributed by atoms with van der Waals surface area (Å²) < 4.78 is 10.8. The summed E-state index contributed by atoms with van der Waals surface area (Å²) in [6.45, 7) is 7.04. The monoisotopic (exact) mass is 426 g/mol. The molecule has 0 bridgehead atoms. The van der Waals surface area contributed by atoms with E-state index in [2.05, 4.69) is 20.5 Å². The molecule has 1 aromatic heterocycles. The molecule has 31 heavy (non-hydrogen) atoms. The number of morpholine rings is 1. The minimum atomic E-state index is -0.646. The number of rotatable bonds is 9. The highest BCUT2D eigenvalue weighted by atomic mass is 16.5. The Hall–Kier alpha value is -3.13. The third kappa shape index (κ3) is 6.96. The van der Waals surface area contributed by atoms with Gasteiger partial charge in [0.2, 0.25) is 5.91 Å². The number of hydrogen-bond acceptors (Lipinski definition) is 6. The van der Waals surface area contributed by atoms with Gasteiger partial charge in [-0.3, -0.25) is 9.59 Å². The van der Waals surface area contributed by atoms with Gasteiger partial charge in [-0.2, -0.15) is 0 Å². The summed E-state index contributed by atoms with van der Waals surface area (Å²) in [4.78, 5) is 31.6. The Morgan fingerprint density at radius 2 is 1.87 bits per heavy atom. The van der Waals surface area contributed by atoms with E-state index in [1.807, 2.05) is 44.2 Å². The van der Waals surface area contributed by atoms with E-state index in [1.165, 1.54) is 0 Å². The molecule has 0 unspecified atom stereocenters. The molecule has 1 fully saturated rings. The van der Waals surface area contributed by atoms with Gasteiger partial charge >= 0.3 is 0 Å². The van der Waals surface area contributed by atoms with Gasteiger partial charge in [0.15, 0.2) is 6.61 Å². The molecule has 1 aliphatic heterocycles. The predicted molar refractivity (Wildman–Crippen MR) is 118 cm³/mol. The Balaban J connectivity index is 1.47. The second-order valence-electron chi connectivity index (χ2n) is 7.73. The lowest BCUT2D eigenvalue weighted by molar-refractivity contribution is -0.131. The lowest BCUT2D eigenvalue weighted by Crippen LogP contribution is -2.50. The van der Waals surface area contributed by atoms with Crippen molar-refractivity contribution in [2.75, 3.05) is 37.8 Å². The normalized spacial score (nSPS) is 14.7. The van der Waals surface area contributed by atoms with Crippen molar-refractivity contribution in [2.24, 2.45) is 5.92 Å². The third-order valence-corrected chi connectivity index (χ3v) is 4.99. The molecule has 3 rings (SSSR count). The van der Waals surface area contributed by atoms with Gasteiger partial charge in [0.25, 0.3) is 5.91 Å². The summed E-state index contributed by atoms with van der Waals surface area (Å²) >= 11 is 0. The molecule has 2 aromatic rings. The molecule has 2 amide bonds. The van der Waals surface area contributed by atoms with Crippen LogP contribution in [0, 0.1) is 5.92 Å². The smallest absolute Gasteiger partial charge is 0.258 e. The summed E-state index contributed by atoms with van der Waals surface area (Å²) in [5.41, 5.74) is 0.895. The number of amides is 2. The number of aromatic nitrogens is 1. The predicted octanol–water partition coefficient (Wildman–Crippen LogP) is 1.75. The van der Waals surface area contributed by atoms with Crippen LogP contribution in [-0.2, 0) is 20.9 Å². The first-order chi connectivity index (χ1) is 15.0. The highest BCUT2D eigenvalue weighted by Crippen LogP contribution is 2.13. The number of nitrogens with one attached hydrogen (secondary N) is 2. The molecule has 0 saturated carbocycles. The van der Waals surface area contributed by atoms with Gasteiger partial charge in [-0.15, -0.1) is 0 Å². The zero-order valence-electron chi connectivity index (χ0n) is 18.0. The average molecular weight is 427 g/mol. The van der Waals surface area contributed by atoms with Gasteiger partial charge in [-0.05, 0) is 29.7 Å². The first-order valence-corrected chi connectivity index (χ1v) is 10.6. The van der Waals surface area contributed by atoms with E-state index in [0.29, 0.717) is 25.5 Å². The maximum absolute atomic E-state index is 12.7. The molecule has 2 N–H and O–H groups in total. The van der Waals surface area contributed by atoms with Crippen molar-refractivity contribution in [2.45, 2.75) is 26.4 Å². The largest absolute Gasteiger partial charge is 0.484 e. The molecule has 2 heterocycles. The number of carbonyl (C=O) groups excluding carboxylic acids is 2. The number of nitrogens with zero attached hydrogens (tertiary/aromatic N) is 2. The fourth-order valence-corrected chi connectivity index (χ4v) is 3.22. The number of pyridine rings is 1. The third-order valence-electron chi connectivity index (χ3n) is 4.99. The Morgan fingerprint density at radius 3 is 2.52 bits per heavy atom. The molecule has 1 atom stereocenters. The zero-order valence-corrected chi connectivity index (χ0v) is 18.0. The molecule has 0 radical (unpaired) electrons. The zero-order chi connectivity index (χ0) is 22.1. The first-order valence-electron chi connectivity index (χ1n) is 10.6. The molecule has 8 nitrogen and oxygen atoms in total. The number of benzene rings is 1.